The van der Waals surface area contributed by atoms with Crippen molar-refractivity contribution in [3.63, 3.8) is 0 Å². The zero-order valence-electron chi connectivity index (χ0n) is 17.5. The van der Waals surface area contributed by atoms with E-state index in [0.717, 1.165) is 4.57 Å². The lowest BCUT2D eigenvalue weighted by Crippen LogP contribution is -2.38. The van der Waals surface area contributed by atoms with Crippen LogP contribution in [0.15, 0.2) is 56.7 Å². The summed E-state index contributed by atoms with van der Waals surface area (Å²) in [7, 11) is 2.94. The highest BCUT2D eigenvalue weighted by atomic mass is 35.5. The zero-order valence-corrected chi connectivity index (χ0v) is 18.2. The van der Waals surface area contributed by atoms with E-state index in [-0.39, 0.29) is 24.3 Å². The van der Waals surface area contributed by atoms with Gasteiger partial charge in [0.15, 0.2) is 11.2 Å². The van der Waals surface area contributed by atoms with Crippen molar-refractivity contribution >= 4 is 28.7 Å². The highest BCUT2D eigenvalue weighted by Crippen LogP contribution is 2.19. The first kappa shape index (κ1) is 21.7. The van der Waals surface area contributed by atoms with Crippen LogP contribution in [0.4, 0.5) is 5.95 Å². The lowest BCUT2D eigenvalue weighted by Gasteiger charge is -2.16. The van der Waals surface area contributed by atoms with E-state index in [9.17, 15) is 14.7 Å². The fourth-order valence-electron chi connectivity index (χ4n) is 3.33. The molecule has 0 bridgehead atoms. The Labute approximate surface area is 187 Å². The fourth-order valence-corrected chi connectivity index (χ4v) is 3.45. The van der Waals surface area contributed by atoms with Gasteiger partial charge in [-0.2, -0.15) is 4.98 Å². The van der Waals surface area contributed by atoms with Gasteiger partial charge in [-0.25, -0.2) is 4.79 Å². The molecule has 1 aromatic carbocycles. The van der Waals surface area contributed by atoms with Gasteiger partial charge >= 0.3 is 5.69 Å². The maximum Gasteiger partial charge on any atom is 0.332 e. The van der Waals surface area contributed by atoms with E-state index in [1.54, 1.807) is 47.2 Å². The maximum absolute atomic E-state index is 12.9. The third kappa shape index (κ3) is 4.27. The number of aliphatic hydroxyl groups is 1. The van der Waals surface area contributed by atoms with Crippen molar-refractivity contribution in [2.24, 2.45) is 14.1 Å². The second kappa shape index (κ2) is 8.93. The average Bonchev–Trinajstić information content (AvgIpc) is 3.42. The van der Waals surface area contributed by atoms with Gasteiger partial charge in [-0.05, 0) is 36.4 Å². The summed E-state index contributed by atoms with van der Waals surface area (Å²) in [5.74, 6) is 1.54. The Kier molecular flexibility index (Phi) is 6.06. The molecule has 4 aromatic rings. The van der Waals surface area contributed by atoms with Gasteiger partial charge in [0, 0.05) is 19.1 Å². The minimum absolute atomic E-state index is 0.0119. The molecule has 0 saturated carbocycles. The molecule has 0 aliphatic heterocycles. The number of nitrogens with zero attached hydrogens (tertiary/aromatic N) is 4. The molecule has 4 rings (SSSR count). The summed E-state index contributed by atoms with van der Waals surface area (Å²) in [5.41, 5.74) is -0.586. The topological polar surface area (TPSA) is 116 Å². The molecule has 0 spiro atoms. The molecule has 0 saturated heterocycles. The van der Waals surface area contributed by atoms with Crippen LogP contribution in [-0.2, 0) is 27.2 Å². The number of benzene rings is 1. The van der Waals surface area contributed by atoms with Crippen LogP contribution in [0.5, 0.6) is 5.75 Å². The Morgan fingerprint density at radius 2 is 1.94 bits per heavy atom. The lowest BCUT2D eigenvalue weighted by atomic mass is 10.3. The summed E-state index contributed by atoms with van der Waals surface area (Å²) in [6, 6.07) is 10.3. The number of furan rings is 1. The number of anilines is 1. The van der Waals surface area contributed by atoms with Crippen LogP contribution >= 0.6 is 11.6 Å². The van der Waals surface area contributed by atoms with E-state index in [0.29, 0.717) is 29.0 Å². The molecule has 11 heteroatoms. The Hall–Kier alpha value is -3.50. The predicted molar refractivity (Wildman–Crippen MR) is 119 cm³/mol. The molecule has 0 radical (unpaired) electrons. The van der Waals surface area contributed by atoms with Gasteiger partial charge in [0.1, 0.15) is 24.2 Å². The average molecular weight is 460 g/mol. The molecule has 2 N–H and O–H groups in total. The van der Waals surface area contributed by atoms with Gasteiger partial charge in [0.05, 0.1) is 19.4 Å². The van der Waals surface area contributed by atoms with E-state index >= 15 is 0 Å². The van der Waals surface area contributed by atoms with Crippen LogP contribution in [0.3, 0.4) is 0 Å². The lowest BCUT2D eigenvalue weighted by molar-refractivity contribution is 0.0938. The van der Waals surface area contributed by atoms with Crippen LogP contribution < -0.4 is 21.3 Å². The summed E-state index contributed by atoms with van der Waals surface area (Å²) in [5, 5.41) is 14.3. The number of hydrogen-bond donors (Lipinski definition) is 2. The van der Waals surface area contributed by atoms with Crippen molar-refractivity contribution in [2.45, 2.75) is 19.2 Å². The van der Waals surface area contributed by atoms with Crippen LogP contribution in [0.1, 0.15) is 5.76 Å². The second-order valence-electron chi connectivity index (χ2n) is 7.28. The minimum Gasteiger partial charge on any atom is -0.491 e. The molecule has 0 aliphatic rings. The molecule has 3 heterocycles. The number of halogens is 1. The summed E-state index contributed by atoms with van der Waals surface area (Å²) >= 11 is 5.88. The maximum atomic E-state index is 12.9. The van der Waals surface area contributed by atoms with Crippen molar-refractivity contribution in [1.82, 2.24) is 18.7 Å². The minimum atomic E-state index is -0.964. The smallest absolute Gasteiger partial charge is 0.332 e. The molecule has 3 aromatic heterocycles. The Morgan fingerprint density at radius 1 is 1.19 bits per heavy atom. The number of nitrogens with one attached hydrogen (secondary N) is 1. The molecule has 0 aliphatic carbocycles. The Morgan fingerprint density at radius 3 is 2.62 bits per heavy atom. The van der Waals surface area contributed by atoms with Crippen LogP contribution in [0.25, 0.3) is 11.2 Å². The van der Waals surface area contributed by atoms with E-state index in [4.69, 9.17) is 20.8 Å². The van der Waals surface area contributed by atoms with E-state index in [1.807, 2.05) is 0 Å². The summed E-state index contributed by atoms with van der Waals surface area (Å²) in [4.78, 5) is 29.7. The molecular weight excluding hydrogens is 438 g/mol. The van der Waals surface area contributed by atoms with Crippen LogP contribution in [0.2, 0.25) is 5.02 Å². The first-order valence-electron chi connectivity index (χ1n) is 9.84. The predicted octanol–water partition coefficient (Wildman–Crippen LogP) is 1.73. The monoisotopic (exact) mass is 459 g/mol. The SMILES string of the molecule is Cn1c(=O)c2c(nc(NCc3ccco3)n2C[C@@H](O)COc2ccc(Cl)cc2)n(C)c1=O. The van der Waals surface area contributed by atoms with Gasteiger partial charge in [-0.15, -0.1) is 0 Å². The molecule has 0 amide bonds. The number of aromatic nitrogens is 4. The third-order valence-electron chi connectivity index (χ3n) is 5.00. The van der Waals surface area contributed by atoms with Crippen molar-refractivity contribution in [1.29, 1.82) is 0 Å². The molecular formula is C21H22ClN5O5. The number of aliphatic hydroxyl groups excluding tert-OH is 1. The van der Waals surface area contributed by atoms with Crippen molar-refractivity contribution in [2.75, 3.05) is 11.9 Å². The normalized spacial score (nSPS) is 12.2. The van der Waals surface area contributed by atoms with Crippen LogP contribution in [0, 0.1) is 0 Å². The second-order valence-corrected chi connectivity index (χ2v) is 7.71. The molecule has 1 atom stereocenters. The Balaban J connectivity index is 1.65. The fraction of sp³-hybridized carbons (Fsp3) is 0.286. The number of aryl methyl sites for hydroxylation is 1. The van der Waals surface area contributed by atoms with E-state index < -0.39 is 17.4 Å². The van der Waals surface area contributed by atoms with Crippen molar-refractivity contribution in [3.05, 3.63) is 74.3 Å². The van der Waals surface area contributed by atoms with Crippen LogP contribution in [-0.4, -0.2) is 36.5 Å². The number of fused-ring (bicyclic) bond motifs is 1. The standard InChI is InChI=1S/C21H22ClN5O5/c1-25-18-17(19(29)26(2)21(25)30)27(20(24-18)23-10-16-4-3-9-31-16)11-14(28)12-32-15-7-5-13(22)6-8-15/h3-9,14,28H,10-12H2,1-2H3,(H,23,24)/t14-/m1/s1. The number of hydrogen-bond acceptors (Lipinski definition) is 7. The van der Waals surface area contributed by atoms with Gasteiger partial charge in [-0.3, -0.25) is 13.9 Å². The summed E-state index contributed by atoms with van der Waals surface area (Å²) in [6.45, 7) is 0.297. The number of imidazole rings is 1. The van der Waals surface area contributed by atoms with Crippen molar-refractivity contribution < 1.29 is 14.3 Å². The van der Waals surface area contributed by atoms with Gasteiger partial charge in [0.25, 0.3) is 5.56 Å². The largest absolute Gasteiger partial charge is 0.491 e. The van der Waals surface area contributed by atoms with Crippen molar-refractivity contribution in [3.8, 4) is 5.75 Å². The molecule has 168 valence electrons. The summed E-state index contributed by atoms with van der Waals surface area (Å²) < 4.78 is 14.8. The highest BCUT2D eigenvalue weighted by Gasteiger charge is 2.21. The first-order valence-corrected chi connectivity index (χ1v) is 10.2. The quantitative estimate of drug-likeness (QED) is 0.412. The molecule has 0 fully saturated rings. The van der Waals surface area contributed by atoms with Gasteiger partial charge in [-0.1, -0.05) is 11.6 Å². The van der Waals surface area contributed by atoms with Gasteiger partial charge in [0.2, 0.25) is 5.95 Å². The van der Waals surface area contributed by atoms with Gasteiger partial charge < -0.3 is 24.1 Å². The molecule has 10 nitrogen and oxygen atoms in total. The summed E-state index contributed by atoms with van der Waals surface area (Å²) in [6.07, 6.45) is 0.589. The number of rotatable bonds is 8. The zero-order chi connectivity index (χ0) is 22.8. The highest BCUT2D eigenvalue weighted by molar-refractivity contribution is 6.30. The first-order chi connectivity index (χ1) is 15.3. The number of ether oxygens (including phenoxy) is 1. The van der Waals surface area contributed by atoms with E-state index in [1.165, 1.54) is 18.7 Å². The molecule has 0 unspecified atom stereocenters. The Bertz CT molecular complexity index is 1340. The third-order valence-corrected chi connectivity index (χ3v) is 5.25. The van der Waals surface area contributed by atoms with E-state index in [2.05, 4.69) is 10.3 Å². The molecule has 32 heavy (non-hydrogen) atoms.